The van der Waals surface area contributed by atoms with Crippen molar-refractivity contribution in [2.75, 3.05) is 13.1 Å². The number of piperidine rings is 1. The van der Waals surface area contributed by atoms with Crippen LogP contribution < -0.4 is 0 Å². The van der Waals surface area contributed by atoms with Gasteiger partial charge in [-0.2, -0.15) is 0 Å². The minimum absolute atomic E-state index is 0.0348. The molecule has 2 aromatic rings. The molecule has 0 unspecified atom stereocenters. The van der Waals surface area contributed by atoms with E-state index in [4.69, 9.17) is 4.42 Å². The summed E-state index contributed by atoms with van der Waals surface area (Å²) < 4.78 is 5.70. The summed E-state index contributed by atoms with van der Waals surface area (Å²) in [5, 5.41) is 0. The van der Waals surface area contributed by atoms with Crippen LogP contribution in [0, 0.1) is 13.8 Å². The first-order valence-corrected chi connectivity index (χ1v) is 8.65. The molecular formula is C19H25N3O2. The molecule has 0 saturated carbocycles. The lowest BCUT2D eigenvalue weighted by atomic mass is 9.90. The molecular weight excluding hydrogens is 302 g/mol. The Morgan fingerprint density at radius 1 is 1.25 bits per heavy atom. The van der Waals surface area contributed by atoms with Gasteiger partial charge in [0.1, 0.15) is 0 Å². The number of hydrogen-bond donors (Lipinski definition) is 0. The van der Waals surface area contributed by atoms with Crippen molar-refractivity contribution < 1.29 is 9.21 Å². The molecule has 1 saturated heterocycles. The van der Waals surface area contributed by atoms with Crippen molar-refractivity contribution in [1.82, 2.24) is 14.9 Å². The lowest BCUT2D eigenvalue weighted by molar-refractivity contribution is 0.0677. The van der Waals surface area contributed by atoms with E-state index in [2.05, 4.69) is 22.1 Å². The highest BCUT2D eigenvalue weighted by Gasteiger charge is 2.28. The standard InChI is InChI=1S/C19H25N3O2/c1-12(2)18-21-14(4)17(24-18)19(23)22-9-7-15(8-10-22)16-6-5-13(3)20-11-16/h5-6,11-12,15H,7-10H2,1-4H3. The van der Waals surface area contributed by atoms with Gasteiger partial charge in [0.05, 0.1) is 5.69 Å². The first-order chi connectivity index (χ1) is 11.5. The highest BCUT2D eigenvalue weighted by molar-refractivity contribution is 5.92. The third-order valence-electron chi connectivity index (χ3n) is 4.69. The third-order valence-corrected chi connectivity index (χ3v) is 4.69. The molecule has 5 nitrogen and oxygen atoms in total. The average Bonchev–Trinajstić information content (AvgIpc) is 2.97. The van der Waals surface area contributed by atoms with E-state index in [1.54, 1.807) is 0 Å². The summed E-state index contributed by atoms with van der Waals surface area (Å²) in [6, 6.07) is 4.21. The minimum Gasteiger partial charge on any atom is -0.435 e. The number of nitrogens with zero attached hydrogens (tertiary/aromatic N) is 3. The molecule has 5 heteroatoms. The molecule has 0 aliphatic carbocycles. The van der Waals surface area contributed by atoms with Crippen LogP contribution in [0.2, 0.25) is 0 Å². The molecule has 0 radical (unpaired) electrons. The largest absolute Gasteiger partial charge is 0.435 e. The van der Waals surface area contributed by atoms with E-state index in [0.29, 0.717) is 23.3 Å². The van der Waals surface area contributed by atoms with Crippen molar-refractivity contribution in [2.45, 2.75) is 52.4 Å². The highest BCUT2D eigenvalue weighted by atomic mass is 16.4. The number of oxazole rings is 1. The lowest BCUT2D eigenvalue weighted by Gasteiger charge is -2.31. The van der Waals surface area contributed by atoms with Gasteiger partial charge < -0.3 is 9.32 Å². The number of amides is 1. The Balaban J connectivity index is 1.66. The van der Waals surface area contributed by atoms with E-state index < -0.39 is 0 Å². The van der Waals surface area contributed by atoms with Gasteiger partial charge in [-0.15, -0.1) is 0 Å². The normalized spacial score (nSPS) is 16.0. The maximum Gasteiger partial charge on any atom is 0.291 e. The topological polar surface area (TPSA) is 59.2 Å². The molecule has 3 rings (SSSR count). The molecule has 0 spiro atoms. The Morgan fingerprint density at radius 3 is 2.50 bits per heavy atom. The maximum atomic E-state index is 12.7. The summed E-state index contributed by atoms with van der Waals surface area (Å²) in [6.07, 6.45) is 3.88. The summed E-state index contributed by atoms with van der Waals surface area (Å²) in [6.45, 7) is 9.36. The third kappa shape index (κ3) is 3.35. The van der Waals surface area contributed by atoms with Crippen molar-refractivity contribution in [2.24, 2.45) is 0 Å². The Morgan fingerprint density at radius 2 is 1.96 bits per heavy atom. The molecule has 24 heavy (non-hydrogen) atoms. The number of likely N-dealkylation sites (tertiary alicyclic amines) is 1. The van der Waals surface area contributed by atoms with Crippen molar-refractivity contribution in [3.8, 4) is 0 Å². The Kier molecular flexibility index (Phi) is 4.69. The summed E-state index contributed by atoms with van der Waals surface area (Å²) >= 11 is 0. The van der Waals surface area contributed by atoms with Crippen molar-refractivity contribution in [1.29, 1.82) is 0 Å². The summed E-state index contributed by atoms with van der Waals surface area (Å²) in [7, 11) is 0. The van der Waals surface area contributed by atoms with Gasteiger partial charge in [-0.25, -0.2) is 4.98 Å². The van der Waals surface area contributed by atoms with E-state index in [1.165, 1.54) is 5.56 Å². The molecule has 0 aromatic carbocycles. The zero-order chi connectivity index (χ0) is 17.3. The van der Waals surface area contributed by atoms with Crippen LogP contribution in [0.4, 0.5) is 0 Å². The number of pyridine rings is 1. The van der Waals surface area contributed by atoms with E-state index >= 15 is 0 Å². The second-order valence-electron chi connectivity index (χ2n) is 6.92. The molecule has 1 fully saturated rings. The monoisotopic (exact) mass is 327 g/mol. The van der Waals surface area contributed by atoms with Crippen molar-refractivity contribution in [3.05, 3.63) is 46.9 Å². The van der Waals surface area contributed by atoms with Gasteiger partial charge in [-0.1, -0.05) is 19.9 Å². The predicted octanol–water partition coefficient (Wildman–Crippen LogP) is 3.83. The Hall–Kier alpha value is -2.17. The number of carbonyl (C=O) groups is 1. The molecule has 0 atom stereocenters. The smallest absolute Gasteiger partial charge is 0.291 e. The second kappa shape index (κ2) is 6.75. The van der Waals surface area contributed by atoms with Crippen LogP contribution in [-0.2, 0) is 0 Å². The van der Waals surface area contributed by atoms with Gasteiger partial charge in [0.2, 0.25) is 5.76 Å². The van der Waals surface area contributed by atoms with E-state index in [-0.39, 0.29) is 11.8 Å². The van der Waals surface area contributed by atoms with Gasteiger partial charge in [0.25, 0.3) is 5.91 Å². The van der Waals surface area contributed by atoms with Gasteiger partial charge in [0, 0.05) is 30.9 Å². The molecule has 1 aliphatic rings. The zero-order valence-corrected chi connectivity index (χ0v) is 14.9. The molecule has 1 amide bonds. The number of rotatable bonds is 3. The van der Waals surface area contributed by atoms with E-state index in [9.17, 15) is 4.79 Å². The van der Waals surface area contributed by atoms with Crippen LogP contribution >= 0.6 is 0 Å². The van der Waals surface area contributed by atoms with Gasteiger partial charge in [-0.05, 0) is 44.2 Å². The summed E-state index contributed by atoms with van der Waals surface area (Å²) in [5.41, 5.74) is 2.99. The lowest BCUT2D eigenvalue weighted by Crippen LogP contribution is -2.38. The fraction of sp³-hybridized carbons (Fsp3) is 0.526. The minimum atomic E-state index is -0.0348. The SMILES string of the molecule is Cc1ccc(C2CCN(C(=O)c3oc(C(C)C)nc3C)CC2)cn1. The molecule has 3 heterocycles. The second-order valence-corrected chi connectivity index (χ2v) is 6.92. The molecule has 0 N–H and O–H groups in total. The van der Waals surface area contributed by atoms with E-state index in [0.717, 1.165) is 31.6 Å². The molecule has 128 valence electrons. The van der Waals surface area contributed by atoms with Crippen molar-refractivity contribution in [3.63, 3.8) is 0 Å². The summed E-state index contributed by atoms with van der Waals surface area (Å²) in [5.74, 6) is 1.66. The number of carbonyl (C=O) groups excluding carboxylic acids is 1. The van der Waals surface area contributed by atoms with E-state index in [1.807, 2.05) is 38.8 Å². The van der Waals surface area contributed by atoms with Gasteiger partial charge in [0.15, 0.2) is 5.89 Å². The Bertz CT molecular complexity index is 711. The average molecular weight is 327 g/mol. The van der Waals surface area contributed by atoms with Crippen LogP contribution in [0.3, 0.4) is 0 Å². The number of hydrogen-bond acceptors (Lipinski definition) is 4. The van der Waals surface area contributed by atoms with Crippen LogP contribution in [0.5, 0.6) is 0 Å². The summed E-state index contributed by atoms with van der Waals surface area (Å²) in [4.78, 5) is 23.4. The quantitative estimate of drug-likeness (QED) is 0.859. The molecule has 2 aromatic heterocycles. The van der Waals surface area contributed by atoms with Gasteiger partial charge >= 0.3 is 0 Å². The molecule has 1 aliphatic heterocycles. The molecule has 0 bridgehead atoms. The van der Waals surface area contributed by atoms with Crippen LogP contribution in [0.1, 0.15) is 71.9 Å². The fourth-order valence-corrected chi connectivity index (χ4v) is 3.14. The first-order valence-electron chi connectivity index (χ1n) is 8.65. The van der Waals surface area contributed by atoms with Crippen LogP contribution in [0.15, 0.2) is 22.7 Å². The number of aryl methyl sites for hydroxylation is 2. The maximum absolute atomic E-state index is 12.7. The Labute approximate surface area is 143 Å². The zero-order valence-electron chi connectivity index (χ0n) is 14.9. The fourth-order valence-electron chi connectivity index (χ4n) is 3.14. The van der Waals surface area contributed by atoms with Crippen molar-refractivity contribution >= 4 is 5.91 Å². The highest BCUT2D eigenvalue weighted by Crippen LogP contribution is 2.29. The van der Waals surface area contributed by atoms with Crippen LogP contribution in [0.25, 0.3) is 0 Å². The predicted molar refractivity (Wildman–Crippen MR) is 92.2 cm³/mol. The number of aromatic nitrogens is 2. The van der Waals surface area contributed by atoms with Gasteiger partial charge in [-0.3, -0.25) is 9.78 Å². The first kappa shape index (κ1) is 16.7. The van der Waals surface area contributed by atoms with Crippen LogP contribution in [-0.4, -0.2) is 33.9 Å².